The van der Waals surface area contributed by atoms with Gasteiger partial charge in [-0.3, -0.25) is 4.79 Å². The van der Waals surface area contributed by atoms with E-state index in [9.17, 15) is 9.59 Å². The molecule has 9 nitrogen and oxygen atoms in total. The Kier molecular flexibility index (Phi) is 5.98. The molecule has 1 saturated heterocycles. The van der Waals surface area contributed by atoms with E-state index in [1.165, 1.54) is 20.3 Å². The van der Waals surface area contributed by atoms with Crippen molar-refractivity contribution in [1.29, 1.82) is 0 Å². The molecule has 1 aliphatic rings. The topological polar surface area (TPSA) is 87.8 Å². The second-order valence-electron chi connectivity index (χ2n) is 9.01. The standard InChI is InChI=1S/C26H29N7O2/c1-18-8-9-21(20(3)16-18)28-23(34)17-33-26(35)32-11-10-27-24(25(32)29-33)31-14-12-30(13-15-31)22-7-5-4-6-19(22)2/h4-11,16H,12-15,17H2,1-3H3,(H,28,34). The zero-order chi connectivity index (χ0) is 24.5. The summed E-state index contributed by atoms with van der Waals surface area (Å²) in [4.78, 5) is 34.7. The number of para-hydroxylation sites is 1. The van der Waals surface area contributed by atoms with Crippen molar-refractivity contribution in [3.63, 3.8) is 0 Å². The fraction of sp³-hybridized carbons (Fsp3) is 0.308. The van der Waals surface area contributed by atoms with Gasteiger partial charge in [0.15, 0.2) is 5.82 Å². The molecule has 1 fully saturated rings. The Balaban J connectivity index is 1.34. The van der Waals surface area contributed by atoms with Gasteiger partial charge in [0.05, 0.1) is 0 Å². The highest BCUT2D eigenvalue weighted by Crippen LogP contribution is 2.23. The minimum absolute atomic E-state index is 0.172. The normalized spacial score (nSPS) is 13.9. The second-order valence-corrected chi connectivity index (χ2v) is 9.01. The first kappa shape index (κ1) is 22.6. The number of hydrogen-bond donors (Lipinski definition) is 1. The molecular formula is C26H29N7O2. The van der Waals surface area contributed by atoms with Crippen LogP contribution in [-0.2, 0) is 11.3 Å². The van der Waals surface area contributed by atoms with E-state index in [0.29, 0.717) is 11.5 Å². The summed E-state index contributed by atoms with van der Waals surface area (Å²) < 4.78 is 2.66. The van der Waals surface area contributed by atoms with Crippen molar-refractivity contribution in [3.05, 3.63) is 82.0 Å². The van der Waals surface area contributed by atoms with E-state index >= 15 is 0 Å². The van der Waals surface area contributed by atoms with E-state index in [4.69, 9.17) is 0 Å². The average Bonchev–Trinajstić information content (AvgIpc) is 3.16. The number of nitrogens with zero attached hydrogens (tertiary/aromatic N) is 6. The van der Waals surface area contributed by atoms with Crippen LogP contribution in [0.15, 0.2) is 59.7 Å². The average molecular weight is 472 g/mol. The monoisotopic (exact) mass is 471 g/mol. The van der Waals surface area contributed by atoms with Crippen LogP contribution in [0.1, 0.15) is 16.7 Å². The first-order valence-electron chi connectivity index (χ1n) is 11.8. The van der Waals surface area contributed by atoms with Gasteiger partial charge in [0.1, 0.15) is 6.54 Å². The number of nitrogens with one attached hydrogen (secondary N) is 1. The van der Waals surface area contributed by atoms with Gasteiger partial charge >= 0.3 is 5.69 Å². The lowest BCUT2D eigenvalue weighted by Gasteiger charge is -2.37. The van der Waals surface area contributed by atoms with Crippen molar-refractivity contribution in [2.24, 2.45) is 0 Å². The number of anilines is 3. The van der Waals surface area contributed by atoms with Gasteiger partial charge in [0, 0.05) is 49.9 Å². The Labute approximate surface area is 203 Å². The zero-order valence-electron chi connectivity index (χ0n) is 20.2. The van der Waals surface area contributed by atoms with E-state index in [0.717, 1.165) is 43.0 Å². The summed E-state index contributed by atoms with van der Waals surface area (Å²) in [5.74, 6) is 0.353. The van der Waals surface area contributed by atoms with E-state index in [1.54, 1.807) is 12.4 Å². The highest BCUT2D eigenvalue weighted by atomic mass is 16.2. The van der Waals surface area contributed by atoms with Crippen molar-refractivity contribution in [3.8, 4) is 0 Å². The van der Waals surface area contributed by atoms with Gasteiger partial charge in [-0.2, -0.15) is 0 Å². The third kappa shape index (κ3) is 4.49. The third-order valence-electron chi connectivity index (χ3n) is 6.47. The van der Waals surface area contributed by atoms with Crippen molar-refractivity contribution in [2.75, 3.05) is 41.3 Å². The molecule has 0 radical (unpaired) electrons. The number of aromatic nitrogens is 4. The largest absolute Gasteiger partial charge is 0.368 e. The number of rotatable bonds is 5. The molecule has 180 valence electrons. The van der Waals surface area contributed by atoms with Gasteiger partial charge in [0.25, 0.3) is 0 Å². The first-order chi connectivity index (χ1) is 16.9. The summed E-state index contributed by atoms with van der Waals surface area (Å²) >= 11 is 0. The van der Waals surface area contributed by atoms with Crippen LogP contribution in [-0.4, -0.2) is 51.3 Å². The molecule has 1 amide bonds. The van der Waals surface area contributed by atoms with Gasteiger partial charge in [0.2, 0.25) is 11.6 Å². The Morgan fingerprint density at radius 1 is 0.971 bits per heavy atom. The van der Waals surface area contributed by atoms with Crippen molar-refractivity contribution < 1.29 is 4.79 Å². The molecular weight excluding hydrogens is 442 g/mol. The van der Waals surface area contributed by atoms with Crippen LogP contribution in [0.2, 0.25) is 0 Å². The highest BCUT2D eigenvalue weighted by molar-refractivity contribution is 5.91. The number of carbonyl (C=O) groups excluding carboxylic acids is 1. The van der Waals surface area contributed by atoms with Crippen LogP contribution in [0.3, 0.4) is 0 Å². The van der Waals surface area contributed by atoms with Gasteiger partial charge in [-0.25, -0.2) is 18.9 Å². The molecule has 35 heavy (non-hydrogen) atoms. The quantitative estimate of drug-likeness (QED) is 0.482. The summed E-state index contributed by atoms with van der Waals surface area (Å²) in [5, 5.41) is 7.37. The SMILES string of the molecule is Cc1ccc(NC(=O)Cn2nc3c(N4CCN(c5ccccc5C)CC4)nccn3c2=O)c(C)c1. The van der Waals surface area contributed by atoms with Crippen LogP contribution in [0.4, 0.5) is 17.2 Å². The lowest BCUT2D eigenvalue weighted by atomic mass is 10.1. The molecule has 0 atom stereocenters. The van der Waals surface area contributed by atoms with E-state index in [2.05, 4.69) is 56.4 Å². The summed E-state index contributed by atoms with van der Waals surface area (Å²) in [6.45, 7) is 9.10. The highest BCUT2D eigenvalue weighted by Gasteiger charge is 2.23. The fourth-order valence-electron chi connectivity index (χ4n) is 4.62. The van der Waals surface area contributed by atoms with Crippen molar-refractivity contribution >= 4 is 28.7 Å². The van der Waals surface area contributed by atoms with Gasteiger partial charge < -0.3 is 15.1 Å². The molecule has 4 aromatic rings. The molecule has 2 aromatic carbocycles. The van der Waals surface area contributed by atoms with Crippen LogP contribution < -0.4 is 20.8 Å². The maximum absolute atomic E-state index is 13.0. The summed E-state index contributed by atoms with van der Waals surface area (Å²) in [6.07, 6.45) is 3.20. The molecule has 1 N–H and O–H groups in total. The number of hydrogen-bond acceptors (Lipinski definition) is 6. The maximum Gasteiger partial charge on any atom is 0.350 e. The second kappa shape index (κ2) is 9.25. The summed E-state index contributed by atoms with van der Waals surface area (Å²) in [5.41, 5.74) is 5.42. The van der Waals surface area contributed by atoms with Crippen molar-refractivity contribution in [2.45, 2.75) is 27.3 Å². The van der Waals surface area contributed by atoms with Crippen LogP contribution in [0, 0.1) is 20.8 Å². The molecule has 5 rings (SSSR count). The number of amides is 1. The minimum atomic E-state index is -0.363. The Morgan fingerprint density at radius 3 is 2.46 bits per heavy atom. The number of piperazine rings is 1. The van der Waals surface area contributed by atoms with Crippen LogP contribution in [0.5, 0.6) is 0 Å². The predicted octanol–water partition coefficient (Wildman–Crippen LogP) is 2.78. The smallest absolute Gasteiger partial charge is 0.350 e. The van der Waals surface area contributed by atoms with E-state index in [-0.39, 0.29) is 18.1 Å². The molecule has 0 saturated carbocycles. The number of fused-ring (bicyclic) bond motifs is 1. The van der Waals surface area contributed by atoms with Crippen LogP contribution in [0.25, 0.3) is 5.65 Å². The van der Waals surface area contributed by atoms with Gasteiger partial charge in [-0.05, 0) is 44.0 Å². The summed E-state index contributed by atoms with van der Waals surface area (Å²) in [6, 6.07) is 14.2. The fourth-order valence-corrected chi connectivity index (χ4v) is 4.62. The first-order valence-corrected chi connectivity index (χ1v) is 11.8. The molecule has 9 heteroatoms. The predicted molar refractivity (Wildman–Crippen MR) is 137 cm³/mol. The zero-order valence-corrected chi connectivity index (χ0v) is 20.2. The number of aryl methyl sites for hydroxylation is 3. The molecule has 0 unspecified atom stereocenters. The van der Waals surface area contributed by atoms with Crippen LogP contribution >= 0.6 is 0 Å². The Bertz CT molecular complexity index is 1450. The Hall–Kier alpha value is -4.14. The number of benzene rings is 2. The van der Waals surface area contributed by atoms with Crippen molar-refractivity contribution in [1.82, 2.24) is 19.2 Å². The molecule has 1 aliphatic heterocycles. The molecule has 3 heterocycles. The van der Waals surface area contributed by atoms with Gasteiger partial charge in [-0.1, -0.05) is 35.9 Å². The molecule has 2 aromatic heterocycles. The molecule has 0 aliphatic carbocycles. The molecule has 0 spiro atoms. The van der Waals surface area contributed by atoms with Gasteiger partial charge in [-0.15, -0.1) is 5.10 Å². The third-order valence-corrected chi connectivity index (χ3v) is 6.47. The lowest BCUT2D eigenvalue weighted by molar-refractivity contribution is -0.117. The Morgan fingerprint density at radius 2 is 1.71 bits per heavy atom. The van der Waals surface area contributed by atoms with E-state index < -0.39 is 0 Å². The lowest BCUT2D eigenvalue weighted by Crippen LogP contribution is -2.47. The maximum atomic E-state index is 13.0. The summed E-state index contributed by atoms with van der Waals surface area (Å²) in [7, 11) is 0. The molecule has 0 bridgehead atoms. The van der Waals surface area contributed by atoms with E-state index in [1.807, 2.05) is 32.0 Å². The minimum Gasteiger partial charge on any atom is -0.368 e. The number of carbonyl (C=O) groups is 1.